The summed E-state index contributed by atoms with van der Waals surface area (Å²) < 4.78 is 0. The number of carbonyl (C=O) groups is 1. The Kier molecular flexibility index (Phi) is 4.39. The topological polar surface area (TPSA) is 37.3 Å². The van der Waals surface area contributed by atoms with Gasteiger partial charge in [-0.25, -0.2) is 0 Å². The van der Waals surface area contributed by atoms with Crippen LogP contribution in [-0.2, 0) is 4.79 Å². The van der Waals surface area contributed by atoms with Crippen molar-refractivity contribution >= 4 is 5.78 Å². The summed E-state index contributed by atoms with van der Waals surface area (Å²) in [7, 11) is 0. The molecule has 150 valence electrons. The summed E-state index contributed by atoms with van der Waals surface area (Å²) in [6, 6.07) is 0. The third-order valence-corrected chi connectivity index (χ3v) is 10.1. The van der Waals surface area contributed by atoms with E-state index in [1.54, 1.807) is 5.57 Å². The largest absolute Gasteiger partial charge is 0.393 e. The van der Waals surface area contributed by atoms with Crippen molar-refractivity contribution in [2.45, 2.75) is 97.0 Å². The highest BCUT2D eigenvalue weighted by Gasteiger charge is 2.61. The van der Waals surface area contributed by atoms with E-state index in [-0.39, 0.29) is 16.9 Å². The summed E-state index contributed by atoms with van der Waals surface area (Å²) in [5.41, 5.74) is 1.79. The molecule has 5 rings (SSSR count). The number of carbonyl (C=O) groups excluding carboxylic acids is 1. The number of fused-ring (bicyclic) bond motifs is 5. The van der Waals surface area contributed by atoms with Gasteiger partial charge in [-0.2, -0.15) is 0 Å². The van der Waals surface area contributed by atoms with Gasteiger partial charge in [-0.05, 0) is 86.9 Å². The van der Waals surface area contributed by atoms with Crippen LogP contribution >= 0.6 is 0 Å². The maximum Gasteiger partial charge on any atom is 0.142 e. The highest BCUT2D eigenvalue weighted by Crippen LogP contribution is 2.65. The molecule has 2 nitrogen and oxygen atoms in total. The van der Waals surface area contributed by atoms with Crippen LogP contribution in [-0.4, -0.2) is 17.0 Å². The Balaban J connectivity index is 1.43. The van der Waals surface area contributed by atoms with Gasteiger partial charge in [0, 0.05) is 11.3 Å². The minimum Gasteiger partial charge on any atom is -0.393 e. The van der Waals surface area contributed by atoms with E-state index in [1.807, 2.05) is 0 Å². The van der Waals surface area contributed by atoms with E-state index < -0.39 is 0 Å². The second-order valence-corrected chi connectivity index (χ2v) is 11.2. The van der Waals surface area contributed by atoms with Gasteiger partial charge in [-0.1, -0.05) is 44.8 Å². The quantitative estimate of drug-likeness (QED) is 0.602. The van der Waals surface area contributed by atoms with Crippen LogP contribution in [0.4, 0.5) is 0 Å². The molecule has 0 aromatic carbocycles. The molecule has 2 heteroatoms. The molecule has 0 saturated heterocycles. The number of hydrogen-bond acceptors (Lipinski definition) is 2. The maximum absolute atomic E-state index is 13.6. The molecule has 0 unspecified atom stereocenters. The van der Waals surface area contributed by atoms with E-state index in [9.17, 15) is 9.90 Å². The molecule has 5 aliphatic rings. The van der Waals surface area contributed by atoms with Crippen LogP contribution in [0.3, 0.4) is 0 Å². The molecule has 0 heterocycles. The van der Waals surface area contributed by atoms with E-state index in [1.165, 1.54) is 44.9 Å². The lowest BCUT2D eigenvalue weighted by atomic mass is 9.48. The van der Waals surface area contributed by atoms with Crippen molar-refractivity contribution in [1.29, 1.82) is 0 Å². The molecule has 0 aromatic rings. The highest BCUT2D eigenvalue weighted by atomic mass is 16.3. The fraction of sp³-hybridized carbons (Fsp3) is 0.880. The Hall–Kier alpha value is -0.630. The normalized spacial score (nSPS) is 50.6. The SMILES string of the molecule is C[C@@]12CC[C@@H]3[C@H](CC=C4C[C@@H](O)CC[C@@]43C)[C@H]1C[C@H](C1CCCCC1)C2=O. The third kappa shape index (κ3) is 2.65. The molecular weight excluding hydrogens is 332 g/mol. The number of allylic oxidation sites excluding steroid dienone is 1. The minimum absolute atomic E-state index is 0.0425. The van der Waals surface area contributed by atoms with Crippen molar-refractivity contribution in [2.24, 2.45) is 40.4 Å². The Morgan fingerprint density at radius 3 is 2.48 bits per heavy atom. The zero-order valence-corrected chi connectivity index (χ0v) is 17.4. The first-order chi connectivity index (χ1) is 12.9. The molecule has 27 heavy (non-hydrogen) atoms. The summed E-state index contributed by atoms with van der Waals surface area (Å²) in [6.07, 6.45) is 16.7. The standard InChI is InChI=1S/C25H38O2/c1-24-12-10-18(26)14-17(24)8-9-19-21(24)11-13-25(2)22(19)15-20(23(25)27)16-6-4-3-5-7-16/h8,16,18-22,26H,3-7,9-15H2,1-2H3/t18-,19-,20+,21+,22+,24-,25+/m0/s1. The van der Waals surface area contributed by atoms with Crippen LogP contribution in [0.2, 0.25) is 0 Å². The molecule has 1 N–H and O–H groups in total. The average molecular weight is 371 g/mol. The Morgan fingerprint density at radius 1 is 0.963 bits per heavy atom. The second kappa shape index (κ2) is 6.44. The van der Waals surface area contributed by atoms with Crippen molar-refractivity contribution in [2.75, 3.05) is 0 Å². The molecule has 7 atom stereocenters. The van der Waals surface area contributed by atoms with E-state index in [4.69, 9.17) is 0 Å². The van der Waals surface area contributed by atoms with Gasteiger partial charge in [0.2, 0.25) is 0 Å². The first-order valence-corrected chi connectivity index (χ1v) is 11.9. The molecule has 4 fully saturated rings. The maximum atomic E-state index is 13.6. The van der Waals surface area contributed by atoms with Crippen LogP contribution in [0.15, 0.2) is 11.6 Å². The summed E-state index contributed by atoms with van der Waals surface area (Å²) in [5, 5.41) is 10.2. The van der Waals surface area contributed by atoms with Crippen molar-refractivity contribution in [3.8, 4) is 0 Å². The van der Waals surface area contributed by atoms with Gasteiger partial charge in [-0.15, -0.1) is 0 Å². The fourth-order valence-corrected chi connectivity index (χ4v) is 8.45. The molecule has 5 aliphatic carbocycles. The van der Waals surface area contributed by atoms with E-state index in [0.717, 1.165) is 38.0 Å². The number of aliphatic hydroxyl groups is 1. The molecule has 0 aromatic heterocycles. The monoisotopic (exact) mass is 370 g/mol. The predicted octanol–water partition coefficient (Wildman–Crippen LogP) is 5.69. The van der Waals surface area contributed by atoms with Gasteiger partial charge >= 0.3 is 0 Å². The minimum atomic E-state index is -0.126. The third-order valence-electron chi connectivity index (χ3n) is 10.1. The van der Waals surface area contributed by atoms with Gasteiger partial charge in [0.1, 0.15) is 5.78 Å². The molecule has 4 saturated carbocycles. The van der Waals surface area contributed by atoms with Crippen LogP contribution in [0.5, 0.6) is 0 Å². The molecular formula is C25H38O2. The number of ketones is 1. The van der Waals surface area contributed by atoms with Crippen LogP contribution in [0, 0.1) is 40.4 Å². The smallest absolute Gasteiger partial charge is 0.142 e. The zero-order valence-electron chi connectivity index (χ0n) is 17.4. The second-order valence-electron chi connectivity index (χ2n) is 11.2. The summed E-state index contributed by atoms with van der Waals surface area (Å²) in [6.45, 7) is 4.82. The molecule has 0 radical (unpaired) electrons. The van der Waals surface area contributed by atoms with Gasteiger partial charge in [0.05, 0.1) is 6.10 Å². The summed E-state index contributed by atoms with van der Waals surface area (Å²) in [4.78, 5) is 13.6. The summed E-state index contributed by atoms with van der Waals surface area (Å²) >= 11 is 0. The molecule has 0 bridgehead atoms. The van der Waals surface area contributed by atoms with Crippen molar-refractivity contribution in [1.82, 2.24) is 0 Å². The van der Waals surface area contributed by atoms with Crippen LogP contribution in [0.25, 0.3) is 0 Å². The van der Waals surface area contributed by atoms with E-state index >= 15 is 0 Å². The zero-order chi connectivity index (χ0) is 18.8. The molecule has 0 spiro atoms. The Labute approximate surface area is 165 Å². The van der Waals surface area contributed by atoms with Gasteiger partial charge in [0.15, 0.2) is 0 Å². The lowest BCUT2D eigenvalue weighted by molar-refractivity contribution is -0.135. The highest BCUT2D eigenvalue weighted by molar-refractivity contribution is 5.89. The Morgan fingerprint density at radius 2 is 1.70 bits per heavy atom. The first kappa shape index (κ1) is 18.4. The van der Waals surface area contributed by atoms with Crippen molar-refractivity contribution in [3.63, 3.8) is 0 Å². The fourth-order valence-electron chi connectivity index (χ4n) is 8.45. The number of hydrogen-bond donors (Lipinski definition) is 1. The number of aliphatic hydroxyl groups excluding tert-OH is 1. The lowest BCUT2D eigenvalue weighted by Gasteiger charge is -2.56. The van der Waals surface area contributed by atoms with Gasteiger partial charge < -0.3 is 5.11 Å². The molecule has 0 aliphatic heterocycles. The molecule has 0 amide bonds. The van der Waals surface area contributed by atoms with E-state index in [0.29, 0.717) is 29.5 Å². The van der Waals surface area contributed by atoms with Crippen molar-refractivity contribution < 1.29 is 9.90 Å². The van der Waals surface area contributed by atoms with Crippen LogP contribution in [0.1, 0.15) is 90.9 Å². The Bertz CT molecular complexity index is 645. The lowest BCUT2D eigenvalue weighted by Crippen LogP contribution is -2.50. The summed E-state index contributed by atoms with van der Waals surface area (Å²) in [5.74, 6) is 3.74. The van der Waals surface area contributed by atoms with Gasteiger partial charge in [-0.3, -0.25) is 4.79 Å². The van der Waals surface area contributed by atoms with E-state index in [2.05, 4.69) is 19.9 Å². The van der Waals surface area contributed by atoms with Crippen molar-refractivity contribution in [3.05, 3.63) is 11.6 Å². The number of Topliss-reactive ketones (excluding diaryl/α,β-unsaturated/α-hetero) is 1. The predicted molar refractivity (Wildman–Crippen MR) is 108 cm³/mol. The number of rotatable bonds is 1. The van der Waals surface area contributed by atoms with Gasteiger partial charge in [0.25, 0.3) is 0 Å². The average Bonchev–Trinajstić information content (AvgIpc) is 2.94. The first-order valence-electron chi connectivity index (χ1n) is 11.9. The van der Waals surface area contributed by atoms with Crippen LogP contribution < -0.4 is 0 Å².